The first-order valence-electron chi connectivity index (χ1n) is 8.24. The summed E-state index contributed by atoms with van der Waals surface area (Å²) in [4.78, 5) is 24.2. The molecule has 0 fully saturated rings. The van der Waals surface area contributed by atoms with Crippen LogP contribution in [-0.2, 0) is 9.59 Å². The molecule has 2 N–H and O–H groups in total. The molecule has 1 heterocycles. The molecule has 0 radical (unpaired) electrons. The molecule has 2 aromatic carbocycles. The number of rotatable bonds is 5. The van der Waals surface area contributed by atoms with Gasteiger partial charge in [0.15, 0.2) is 0 Å². The third-order valence-corrected chi connectivity index (χ3v) is 5.05. The molecule has 0 aromatic heterocycles. The Hall–Kier alpha value is -3.11. The van der Waals surface area contributed by atoms with Crippen molar-refractivity contribution in [1.29, 1.82) is 5.26 Å². The van der Waals surface area contributed by atoms with Crippen LogP contribution in [0.2, 0.25) is 0 Å². The normalized spacial score (nSPS) is 16.4. The van der Waals surface area contributed by atoms with E-state index in [0.29, 0.717) is 21.9 Å². The van der Waals surface area contributed by atoms with Crippen LogP contribution in [0.1, 0.15) is 17.9 Å². The highest BCUT2D eigenvalue weighted by molar-refractivity contribution is 8.03. The number of amides is 2. The zero-order valence-electron chi connectivity index (χ0n) is 14.2. The van der Waals surface area contributed by atoms with E-state index in [1.165, 1.54) is 12.1 Å². The summed E-state index contributed by atoms with van der Waals surface area (Å²) in [6, 6.07) is 16.9. The van der Waals surface area contributed by atoms with Gasteiger partial charge in [0.25, 0.3) is 0 Å². The molecule has 7 heteroatoms. The van der Waals surface area contributed by atoms with Gasteiger partial charge >= 0.3 is 0 Å². The lowest BCUT2D eigenvalue weighted by molar-refractivity contribution is -0.121. The van der Waals surface area contributed by atoms with Crippen LogP contribution in [0, 0.1) is 17.1 Å². The molecule has 27 heavy (non-hydrogen) atoms. The molecular formula is C20H16FN3O2S. The minimum atomic E-state index is -0.455. The van der Waals surface area contributed by atoms with Gasteiger partial charge in [0.2, 0.25) is 11.8 Å². The van der Waals surface area contributed by atoms with Gasteiger partial charge in [0.05, 0.1) is 22.4 Å². The Labute approximate surface area is 160 Å². The third-order valence-electron chi connectivity index (χ3n) is 4.03. The van der Waals surface area contributed by atoms with Crippen LogP contribution in [0.4, 0.5) is 10.1 Å². The zero-order chi connectivity index (χ0) is 19.2. The van der Waals surface area contributed by atoms with Crippen LogP contribution in [0.5, 0.6) is 0 Å². The monoisotopic (exact) mass is 381 g/mol. The smallest absolute Gasteiger partial charge is 0.234 e. The number of carbonyl (C=O) groups excluding carboxylic acids is 2. The van der Waals surface area contributed by atoms with Crippen LogP contribution in [-0.4, -0.2) is 17.6 Å². The number of allylic oxidation sites excluding steroid dienone is 1. The lowest BCUT2D eigenvalue weighted by Gasteiger charge is -2.25. The molecule has 0 saturated heterocycles. The molecule has 3 rings (SSSR count). The van der Waals surface area contributed by atoms with Gasteiger partial charge < -0.3 is 10.6 Å². The largest absolute Gasteiger partial charge is 0.325 e. The van der Waals surface area contributed by atoms with Crippen molar-refractivity contribution in [1.82, 2.24) is 5.32 Å². The highest BCUT2D eigenvalue weighted by Crippen LogP contribution is 2.35. The van der Waals surface area contributed by atoms with Crippen LogP contribution >= 0.6 is 11.8 Å². The van der Waals surface area contributed by atoms with Gasteiger partial charge in [-0.05, 0) is 29.8 Å². The first-order chi connectivity index (χ1) is 13.1. The quantitative estimate of drug-likeness (QED) is 0.830. The van der Waals surface area contributed by atoms with Crippen LogP contribution < -0.4 is 10.6 Å². The molecule has 1 aliphatic rings. The molecule has 1 aliphatic heterocycles. The number of carbonyl (C=O) groups is 2. The maximum atomic E-state index is 13.2. The number of anilines is 1. The van der Waals surface area contributed by atoms with Crippen molar-refractivity contribution in [2.45, 2.75) is 12.3 Å². The summed E-state index contributed by atoms with van der Waals surface area (Å²) >= 11 is 1.10. The minimum Gasteiger partial charge on any atom is -0.325 e. The number of hydrogen-bond donors (Lipinski definition) is 2. The van der Waals surface area contributed by atoms with Crippen molar-refractivity contribution in [3.63, 3.8) is 0 Å². The van der Waals surface area contributed by atoms with Crippen LogP contribution in [0.15, 0.2) is 65.2 Å². The average molecular weight is 381 g/mol. The number of nitrogens with one attached hydrogen (secondary N) is 2. The highest BCUT2D eigenvalue weighted by Gasteiger charge is 2.29. The van der Waals surface area contributed by atoms with Crippen molar-refractivity contribution >= 4 is 29.3 Å². The maximum absolute atomic E-state index is 13.2. The van der Waals surface area contributed by atoms with Gasteiger partial charge in [-0.3, -0.25) is 9.59 Å². The molecule has 0 bridgehead atoms. The van der Waals surface area contributed by atoms with E-state index in [0.717, 1.165) is 11.8 Å². The summed E-state index contributed by atoms with van der Waals surface area (Å²) in [5.41, 5.74) is 1.74. The number of nitriles is 1. The van der Waals surface area contributed by atoms with Crippen LogP contribution in [0.25, 0.3) is 0 Å². The predicted molar refractivity (Wildman–Crippen MR) is 102 cm³/mol. The molecule has 2 amide bonds. The van der Waals surface area contributed by atoms with Crippen LogP contribution in [0.3, 0.4) is 0 Å². The molecule has 2 aromatic rings. The van der Waals surface area contributed by atoms with Crippen molar-refractivity contribution in [2.75, 3.05) is 11.1 Å². The molecule has 1 atom stereocenters. The number of para-hydroxylation sites is 1. The molecule has 5 nitrogen and oxygen atoms in total. The molecule has 0 spiro atoms. The fraction of sp³-hybridized carbons (Fsp3) is 0.150. The first-order valence-corrected chi connectivity index (χ1v) is 9.22. The van der Waals surface area contributed by atoms with E-state index in [1.807, 2.05) is 18.2 Å². The number of thioether (sulfide) groups is 1. The van der Waals surface area contributed by atoms with E-state index >= 15 is 0 Å². The van der Waals surface area contributed by atoms with E-state index in [1.54, 1.807) is 24.3 Å². The predicted octanol–water partition coefficient (Wildman–Crippen LogP) is 3.54. The summed E-state index contributed by atoms with van der Waals surface area (Å²) in [5.74, 6) is -1.27. The van der Waals surface area contributed by atoms with E-state index in [4.69, 9.17) is 0 Å². The standard InChI is InChI=1S/C20H16FN3O2S/c21-14-8-6-13(7-9-14)16-10-18(25)24-20(17(16)11-22)27-12-19(26)23-15-4-2-1-3-5-15/h1-9,16H,10,12H2,(H,23,26)(H,24,25)/t16-/m1/s1. The topological polar surface area (TPSA) is 82.0 Å². The fourth-order valence-corrected chi connectivity index (χ4v) is 3.65. The summed E-state index contributed by atoms with van der Waals surface area (Å²) in [7, 11) is 0. The van der Waals surface area contributed by atoms with E-state index in [9.17, 15) is 19.2 Å². The van der Waals surface area contributed by atoms with Gasteiger partial charge in [-0.2, -0.15) is 5.26 Å². The second-order valence-electron chi connectivity index (χ2n) is 5.91. The van der Waals surface area contributed by atoms with Crippen molar-refractivity contribution in [3.8, 4) is 6.07 Å². The van der Waals surface area contributed by atoms with Gasteiger partial charge in [0.1, 0.15) is 5.82 Å². The Kier molecular flexibility index (Phi) is 5.89. The second kappa shape index (κ2) is 8.52. The molecular weight excluding hydrogens is 365 g/mol. The summed E-state index contributed by atoms with van der Waals surface area (Å²) < 4.78 is 13.2. The lowest BCUT2D eigenvalue weighted by atomic mass is 9.87. The molecule has 0 unspecified atom stereocenters. The van der Waals surface area contributed by atoms with Crippen molar-refractivity contribution in [3.05, 3.63) is 76.6 Å². The van der Waals surface area contributed by atoms with Gasteiger partial charge in [-0.25, -0.2) is 4.39 Å². The maximum Gasteiger partial charge on any atom is 0.234 e. The van der Waals surface area contributed by atoms with Gasteiger partial charge in [0, 0.05) is 18.0 Å². The number of hydrogen-bond acceptors (Lipinski definition) is 4. The Morgan fingerprint density at radius 2 is 1.93 bits per heavy atom. The van der Waals surface area contributed by atoms with E-state index in [2.05, 4.69) is 16.7 Å². The number of halogens is 1. The number of benzene rings is 2. The van der Waals surface area contributed by atoms with E-state index in [-0.39, 0.29) is 29.8 Å². The molecule has 136 valence electrons. The average Bonchev–Trinajstić information content (AvgIpc) is 2.67. The number of nitrogens with zero attached hydrogens (tertiary/aromatic N) is 1. The Morgan fingerprint density at radius 3 is 2.59 bits per heavy atom. The SMILES string of the molecule is N#CC1=C(SCC(=O)Nc2ccccc2)NC(=O)C[C@@H]1c1ccc(F)cc1. The summed E-state index contributed by atoms with van der Waals surface area (Å²) in [6.07, 6.45) is 0.106. The van der Waals surface area contributed by atoms with Gasteiger partial charge in [-0.1, -0.05) is 42.1 Å². The highest BCUT2D eigenvalue weighted by atomic mass is 32.2. The lowest BCUT2D eigenvalue weighted by Crippen LogP contribution is -2.31. The Morgan fingerprint density at radius 1 is 1.22 bits per heavy atom. The summed E-state index contributed by atoms with van der Waals surface area (Å²) in [5, 5.41) is 15.4. The Balaban J connectivity index is 1.75. The first kappa shape index (κ1) is 18.7. The van der Waals surface area contributed by atoms with Crippen molar-refractivity contribution in [2.24, 2.45) is 0 Å². The van der Waals surface area contributed by atoms with Gasteiger partial charge in [-0.15, -0.1) is 0 Å². The van der Waals surface area contributed by atoms with Crippen molar-refractivity contribution < 1.29 is 14.0 Å². The summed E-state index contributed by atoms with van der Waals surface area (Å²) in [6.45, 7) is 0. The second-order valence-corrected chi connectivity index (χ2v) is 6.90. The molecule has 0 aliphatic carbocycles. The fourth-order valence-electron chi connectivity index (χ4n) is 2.77. The Bertz CT molecular complexity index is 920. The molecule has 0 saturated carbocycles. The third kappa shape index (κ3) is 4.74. The zero-order valence-corrected chi connectivity index (χ0v) is 15.1. The minimum absolute atomic E-state index is 0.0474. The van der Waals surface area contributed by atoms with E-state index < -0.39 is 5.92 Å².